The van der Waals surface area contributed by atoms with E-state index in [9.17, 15) is 8.78 Å². The first kappa shape index (κ1) is 11.2. The van der Waals surface area contributed by atoms with E-state index in [4.69, 9.17) is 5.73 Å². The van der Waals surface area contributed by atoms with Gasteiger partial charge in [-0.1, -0.05) is 6.07 Å². The summed E-state index contributed by atoms with van der Waals surface area (Å²) in [5.41, 5.74) is 6.66. The van der Waals surface area contributed by atoms with Crippen molar-refractivity contribution in [2.75, 3.05) is 0 Å². The van der Waals surface area contributed by atoms with E-state index in [2.05, 4.69) is 4.98 Å². The van der Waals surface area contributed by atoms with Crippen LogP contribution < -0.4 is 5.73 Å². The van der Waals surface area contributed by atoms with Crippen molar-refractivity contribution < 1.29 is 8.78 Å². The quantitative estimate of drug-likeness (QED) is 0.895. The van der Waals surface area contributed by atoms with Gasteiger partial charge < -0.3 is 5.73 Å². The topological polar surface area (TPSA) is 38.9 Å². The molecule has 0 fully saturated rings. The molecule has 0 spiro atoms. The molecule has 0 aliphatic carbocycles. The van der Waals surface area contributed by atoms with Gasteiger partial charge >= 0.3 is 0 Å². The van der Waals surface area contributed by atoms with Crippen molar-refractivity contribution in [3.05, 3.63) is 51.5 Å². The van der Waals surface area contributed by atoms with E-state index in [1.54, 1.807) is 0 Å². The maximum atomic E-state index is 13.3. The molecule has 0 bridgehead atoms. The minimum absolute atomic E-state index is 0.372. The monoisotopic (exact) mass is 240 g/mol. The second kappa shape index (κ2) is 4.67. The maximum absolute atomic E-state index is 13.3. The van der Waals surface area contributed by atoms with Crippen molar-refractivity contribution in [1.82, 2.24) is 4.98 Å². The molecule has 1 heterocycles. The third-order valence-corrected chi connectivity index (χ3v) is 3.06. The molecule has 5 heteroatoms. The van der Waals surface area contributed by atoms with Gasteiger partial charge in [-0.3, -0.25) is 0 Å². The van der Waals surface area contributed by atoms with Crippen LogP contribution in [-0.2, 0) is 13.0 Å². The Balaban J connectivity index is 2.20. The average Bonchev–Trinajstić information content (AvgIpc) is 2.70. The van der Waals surface area contributed by atoms with Gasteiger partial charge in [0.2, 0.25) is 0 Å². The molecule has 2 nitrogen and oxygen atoms in total. The summed E-state index contributed by atoms with van der Waals surface area (Å²) >= 11 is 1.43. The predicted octanol–water partition coefficient (Wildman–Crippen LogP) is 2.47. The van der Waals surface area contributed by atoms with Crippen LogP contribution in [0.5, 0.6) is 0 Å². The molecule has 0 saturated carbocycles. The fourth-order valence-corrected chi connectivity index (χ4v) is 2.18. The molecule has 0 amide bonds. The molecule has 2 aromatic rings. The molecule has 84 valence electrons. The van der Waals surface area contributed by atoms with Crippen LogP contribution in [0.1, 0.15) is 16.3 Å². The van der Waals surface area contributed by atoms with E-state index >= 15 is 0 Å². The Bertz CT molecular complexity index is 496. The Labute approximate surface area is 95.7 Å². The highest BCUT2D eigenvalue weighted by Gasteiger charge is 2.07. The van der Waals surface area contributed by atoms with Crippen LogP contribution in [0.15, 0.2) is 23.6 Å². The summed E-state index contributed by atoms with van der Waals surface area (Å²) in [7, 11) is 0. The molecule has 0 aliphatic rings. The molecular formula is C11H10F2N2S. The first-order valence-electron chi connectivity index (χ1n) is 4.76. The average molecular weight is 240 g/mol. The fourth-order valence-electron chi connectivity index (χ4n) is 1.35. The number of hydrogen-bond acceptors (Lipinski definition) is 3. The summed E-state index contributed by atoms with van der Waals surface area (Å²) in [5, 5.41) is 2.63. The third kappa shape index (κ3) is 2.43. The predicted molar refractivity (Wildman–Crippen MR) is 59.2 cm³/mol. The molecule has 2 N–H and O–H groups in total. The van der Waals surface area contributed by atoms with E-state index in [1.807, 2.05) is 5.38 Å². The van der Waals surface area contributed by atoms with Crippen LogP contribution in [0.2, 0.25) is 0 Å². The van der Waals surface area contributed by atoms with Gasteiger partial charge in [0, 0.05) is 24.4 Å². The third-order valence-electron chi connectivity index (χ3n) is 2.17. The number of hydrogen-bond donors (Lipinski definition) is 1. The zero-order chi connectivity index (χ0) is 11.5. The van der Waals surface area contributed by atoms with Gasteiger partial charge in [-0.15, -0.1) is 11.3 Å². The molecule has 0 unspecified atom stereocenters. The van der Waals surface area contributed by atoms with Crippen LogP contribution in [0, 0.1) is 11.6 Å². The van der Waals surface area contributed by atoms with Crippen molar-refractivity contribution >= 4 is 11.3 Å². The lowest BCUT2D eigenvalue weighted by Crippen LogP contribution is -1.97. The molecule has 2 rings (SSSR count). The van der Waals surface area contributed by atoms with Crippen molar-refractivity contribution in [1.29, 1.82) is 0 Å². The molecule has 0 saturated heterocycles. The normalized spacial score (nSPS) is 10.7. The van der Waals surface area contributed by atoms with E-state index in [1.165, 1.54) is 23.5 Å². The standard InChI is InChI=1S/C11H10F2N2S/c12-8-2-1-7(10(13)4-8)3-11-15-9(5-14)6-16-11/h1-2,4,6H,3,5,14H2. The summed E-state index contributed by atoms with van der Waals surface area (Å²) in [4.78, 5) is 4.22. The maximum Gasteiger partial charge on any atom is 0.129 e. The second-order valence-electron chi connectivity index (χ2n) is 3.35. The minimum atomic E-state index is -0.567. The highest BCUT2D eigenvalue weighted by atomic mass is 32.1. The van der Waals surface area contributed by atoms with Crippen LogP contribution >= 0.6 is 11.3 Å². The summed E-state index contributed by atoms with van der Waals surface area (Å²) < 4.78 is 26.0. The van der Waals surface area contributed by atoms with E-state index in [0.29, 0.717) is 18.5 Å². The number of benzene rings is 1. The van der Waals surface area contributed by atoms with Crippen LogP contribution in [0.25, 0.3) is 0 Å². The number of nitrogens with zero attached hydrogens (tertiary/aromatic N) is 1. The first-order chi connectivity index (χ1) is 7.69. The summed E-state index contributed by atoms with van der Waals surface area (Å²) in [6, 6.07) is 3.57. The molecule has 1 aromatic carbocycles. The second-order valence-corrected chi connectivity index (χ2v) is 4.29. The summed E-state index contributed by atoms with van der Waals surface area (Å²) in [6.07, 6.45) is 0.372. The highest BCUT2D eigenvalue weighted by Crippen LogP contribution is 2.17. The Morgan fingerprint density at radius 3 is 2.75 bits per heavy atom. The zero-order valence-corrected chi connectivity index (χ0v) is 9.23. The molecule has 1 aromatic heterocycles. The van der Waals surface area contributed by atoms with E-state index < -0.39 is 11.6 Å². The Morgan fingerprint density at radius 1 is 1.31 bits per heavy atom. The van der Waals surface area contributed by atoms with Crippen LogP contribution in [0.4, 0.5) is 8.78 Å². The Morgan fingerprint density at radius 2 is 2.12 bits per heavy atom. The first-order valence-corrected chi connectivity index (χ1v) is 5.64. The molecule has 0 aliphatic heterocycles. The van der Waals surface area contributed by atoms with Crippen LogP contribution in [0.3, 0.4) is 0 Å². The van der Waals surface area contributed by atoms with Crippen molar-refractivity contribution in [3.8, 4) is 0 Å². The van der Waals surface area contributed by atoms with Gasteiger partial charge in [-0.05, 0) is 11.6 Å². The van der Waals surface area contributed by atoms with Gasteiger partial charge in [0.15, 0.2) is 0 Å². The summed E-state index contributed by atoms with van der Waals surface area (Å²) in [5.74, 6) is -1.10. The lowest BCUT2D eigenvalue weighted by atomic mass is 10.1. The number of thiazole rings is 1. The van der Waals surface area contributed by atoms with Gasteiger partial charge in [0.25, 0.3) is 0 Å². The van der Waals surface area contributed by atoms with E-state index in [-0.39, 0.29) is 0 Å². The molecule has 0 atom stereocenters. The van der Waals surface area contributed by atoms with Crippen molar-refractivity contribution in [3.63, 3.8) is 0 Å². The van der Waals surface area contributed by atoms with Crippen molar-refractivity contribution in [2.24, 2.45) is 5.73 Å². The van der Waals surface area contributed by atoms with Crippen molar-refractivity contribution in [2.45, 2.75) is 13.0 Å². The smallest absolute Gasteiger partial charge is 0.129 e. The summed E-state index contributed by atoms with van der Waals surface area (Å²) in [6.45, 7) is 0.377. The zero-order valence-electron chi connectivity index (χ0n) is 8.41. The Hall–Kier alpha value is -1.33. The number of aromatic nitrogens is 1. The molecule has 0 radical (unpaired) electrons. The SMILES string of the molecule is NCc1csc(Cc2ccc(F)cc2F)n1. The van der Waals surface area contributed by atoms with E-state index in [0.717, 1.165) is 16.8 Å². The fraction of sp³-hybridized carbons (Fsp3) is 0.182. The number of halogens is 2. The van der Waals surface area contributed by atoms with Gasteiger partial charge in [0.05, 0.1) is 10.7 Å². The Kier molecular flexibility index (Phi) is 3.26. The highest BCUT2D eigenvalue weighted by molar-refractivity contribution is 7.09. The van der Waals surface area contributed by atoms with Gasteiger partial charge in [-0.2, -0.15) is 0 Å². The lowest BCUT2D eigenvalue weighted by molar-refractivity contribution is 0.574. The number of rotatable bonds is 3. The van der Waals surface area contributed by atoms with Gasteiger partial charge in [-0.25, -0.2) is 13.8 Å². The minimum Gasteiger partial charge on any atom is -0.325 e. The lowest BCUT2D eigenvalue weighted by Gasteiger charge is -2.00. The largest absolute Gasteiger partial charge is 0.325 e. The number of nitrogens with two attached hydrogens (primary N) is 1. The molecular weight excluding hydrogens is 230 g/mol. The van der Waals surface area contributed by atoms with Gasteiger partial charge in [0.1, 0.15) is 11.6 Å². The molecule has 16 heavy (non-hydrogen) atoms. The van der Waals surface area contributed by atoms with Crippen LogP contribution in [-0.4, -0.2) is 4.98 Å².